The quantitative estimate of drug-likeness (QED) is 0.122. The van der Waals surface area contributed by atoms with Gasteiger partial charge in [0.15, 0.2) is 0 Å². The predicted molar refractivity (Wildman–Crippen MR) is 264 cm³/mol. The summed E-state index contributed by atoms with van der Waals surface area (Å²) in [6.07, 6.45) is 4.11. The van der Waals surface area contributed by atoms with Crippen molar-refractivity contribution in [1.29, 1.82) is 5.41 Å². The van der Waals surface area contributed by atoms with Gasteiger partial charge in [-0.05, 0) is 123 Å². The molecule has 0 saturated heterocycles. The zero-order valence-electron chi connectivity index (χ0n) is 35.6. The Morgan fingerprint density at radius 3 is 1.28 bits per heavy atom. The van der Waals surface area contributed by atoms with E-state index >= 15 is 0 Å². The molecule has 1 aliphatic carbocycles. The van der Waals surface area contributed by atoms with Gasteiger partial charge in [-0.15, -0.1) is 0 Å². The van der Waals surface area contributed by atoms with Crippen molar-refractivity contribution in [2.24, 2.45) is 4.40 Å². The van der Waals surface area contributed by atoms with Crippen LogP contribution in [0.2, 0.25) is 0 Å². The molecule has 1 aromatic heterocycles. The maximum Gasteiger partial charge on any atom is 0.106 e. The molecule has 1 aliphatic rings. The Labute approximate surface area is 365 Å². The van der Waals surface area contributed by atoms with E-state index in [0.29, 0.717) is 17.1 Å². The molecule has 0 bridgehead atoms. The monoisotopic (exact) mass is 810 g/mol. The molecular weight excluding hydrogens is 761 g/mol. The minimum absolute atomic E-state index is 0.0902. The van der Waals surface area contributed by atoms with E-state index in [1.165, 1.54) is 44.1 Å². The van der Waals surface area contributed by atoms with Gasteiger partial charge in [-0.25, -0.2) is 4.40 Å². The molecule has 1 heterocycles. The van der Waals surface area contributed by atoms with Gasteiger partial charge < -0.3 is 9.47 Å². The Hall–Kier alpha value is -6.69. The Morgan fingerprint density at radius 1 is 0.475 bits per heavy atom. The third-order valence-electron chi connectivity index (χ3n) is 11.9. The molecule has 1 N–H and O–H groups in total. The summed E-state index contributed by atoms with van der Waals surface area (Å²) in [5, 5.41) is 12.2. The zero-order chi connectivity index (χ0) is 42.5. The van der Waals surface area contributed by atoms with Crippen molar-refractivity contribution in [3.63, 3.8) is 0 Å². The van der Waals surface area contributed by atoms with Crippen LogP contribution in [0.3, 0.4) is 0 Å². The van der Waals surface area contributed by atoms with Crippen molar-refractivity contribution >= 4 is 63.0 Å². The normalized spacial score (nSPS) is 14.1. The highest BCUT2D eigenvalue weighted by atomic mass is 32.1. The number of allylic oxidation sites excluding steroid dienone is 4. The maximum absolute atomic E-state index is 9.71. The first-order valence-corrected chi connectivity index (χ1v) is 21.3. The minimum Gasteiger partial charge on any atom is -0.309 e. The summed E-state index contributed by atoms with van der Waals surface area (Å²) >= 11 is 4.48. The van der Waals surface area contributed by atoms with E-state index in [9.17, 15) is 5.41 Å². The van der Waals surface area contributed by atoms with E-state index in [1.54, 1.807) is 0 Å². The van der Waals surface area contributed by atoms with E-state index in [4.69, 9.17) is 0 Å². The molecule has 0 amide bonds. The van der Waals surface area contributed by atoms with E-state index < -0.39 is 0 Å². The van der Waals surface area contributed by atoms with Gasteiger partial charge in [0.2, 0.25) is 0 Å². The molecule has 7 aromatic carbocycles. The molecule has 0 saturated carbocycles. The standard InChI is InChI=1S/C56H50N4S/c1-55(2,3)42-25-15-37(16-26-42)39-19-29-44(30-20-39)59(45-31-21-40(22-32-45)38-17-27-43(28-18-38)56(4,5)6)52-36-35-47(54(58-61)53(52)57)41-23-33-46(34-24-41)60-50-13-9-7-11-48(50)49-12-8-10-14-51(49)60/h7-36,57,61H,1-6H3. The number of fused-ring (bicyclic) bond motifs is 3. The van der Waals surface area contributed by atoms with Gasteiger partial charge in [0.1, 0.15) is 11.4 Å². The first-order valence-electron chi connectivity index (χ1n) is 20.9. The summed E-state index contributed by atoms with van der Waals surface area (Å²) in [5.74, 6) is 0. The molecule has 8 aromatic rings. The third-order valence-corrected chi connectivity index (χ3v) is 12.1. The number of nitrogens with one attached hydrogen (secondary N) is 1. The lowest BCUT2D eigenvalue weighted by molar-refractivity contribution is 0.590. The van der Waals surface area contributed by atoms with Gasteiger partial charge in [-0.2, -0.15) is 0 Å². The third kappa shape index (κ3) is 7.55. The number of hydrogen-bond donors (Lipinski definition) is 2. The van der Waals surface area contributed by atoms with Gasteiger partial charge in [-0.3, -0.25) is 5.41 Å². The van der Waals surface area contributed by atoms with Crippen molar-refractivity contribution in [3.05, 3.63) is 204 Å². The predicted octanol–water partition coefficient (Wildman–Crippen LogP) is 15.1. The Kier molecular flexibility index (Phi) is 10.2. The molecule has 0 aliphatic heterocycles. The molecule has 0 radical (unpaired) electrons. The molecule has 300 valence electrons. The van der Waals surface area contributed by atoms with Gasteiger partial charge >= 0.3 is 0 Å². The second-order valence-electron chi connectivity index (χ2n) is 18.0. The molecule has 4 nitrogen and oxygen atoms in total. The van der Waals surface area contributed by atoms with E-state index in [-0.39, 0.29) is 10.8 Å². The number of benzene rings is 7. The van der Waals surface area contributed by atoms with Crippen LogP contribution >= 0.6 is 12.8 Å². The van der Waals surface area contributed by atoms with Crippen molar-refractivity contribution in [2.75, 3.05) is 4.90 Å². The highest BCUT2D eigenvalue weighted by molar-refractivity contribution is 7.79. The summed E-state index contributed by atoms with van der Waals surface area (Å²) in [6, 6.07) is 60.6. The van der Waals surface area contributed by atoms with Crippen LogP contribution < -0.4 is 4.90 Å². The van der Waals surface area contributed by atoms with Crippen molar-refractivity contribution in [1.82, 2.24) is 4.57 Å². The maximum atomic E-state index is 9.71. The van der Waals surface area contributed by atoms with E-state index in [0.717, 1.165) is 39.3 Å². The lowest BCUT2D eigenvalue weighted by Crippen LogP contribution is -2.30. The van der Waals surface area contributed by atoms with Crippen molar-refractivity contribution in [2.45, 2.75) is 52.4 Å². The number of nitrogens with zero attached hydrogens (tertiary/aromatic N) is 3. The average Bonchev–Trinajstić information content (AvgIpc) is 3.61. The molecular formula is C56H50N4S. The highest BCUT2D eigenvalue weighted by Crippen LogP contribution is 2.38. The molecule has 0 atom stereocenters. The topological polar surface area (TPSA) is 44.4 Å². The number of hydrogen-bond acceptors (Lipinski definition) is 4. The fourth-order valence-corrected chi connectivity index (χ4v) is 8.66. The molecule has 0 fully saturated rings. The fraction of sp³-hybridized carbons (Fsp3) is 0.143. The lowest BCUT2D eigenvalue weighted by Gasteiger charge is -2.31. The molecule has 61 heavy (non-hydrogen) atoms. The zero-order valence-corrected chi connectivity index (χ0v) is 36.5. The second kappa shape index (κ2) is 15.7. The van der Waals surface area contributed by atoms with E-state index in [2.05, 4.69) is 244 Å². The molecule has 0 spiro atoms. The Morgan fingerprint density at radius 2 is 0.869 bits per heavy atom. The average molecular weight is 811 g/mol. The number of thiol groups is 1. The Bertz CT molecular complexity index is 2850. The fourth-order valence-electron chi connectivity index (χ4n) is 8.45. The number of anilines is 2. The van der Waals surface area contributed by atoms with Crippen LogP contribution in [0, 0.1) is 5.41 Å². The van der Waals surface area contributed by atoms with Crippen LogP contribution in [0.4, 0.5) is 11.4 Å². The number of aromatic nitrogens is 1. The van der Waals surface area contributed by atoms with Crippen molar-refractivity contribution in [3.8, 4) is 27.9 Å². The summed E-state index contributed by atoms with van der Waals surface area (Å²) in [6.45, 7) is 13.4. The van der Waals surface area contributed by atoms with Crippen LogP contribution in [0.1, 0.15) is 58.2 Å². The summed E-state index contributed by atoms with van der Waals surface area (Å²) in [7, 11) is 0. The van der Waals surface area contributed by atoms with Crippen molar-refractivity contribution < 1.29 is 0 Å². The van der Waals surface area contributed by atoms with Gasteiger partial charge in [0.25, 0.3) is 0 Å². The second-order valence-corrected chi connectivity index (χ2v) is 18.2. The van der Waals surface area contributed by atoms with Crippen LogP contribution in [-0.2, 0) is 10.8 Å². The van der Waals surface area contributed by atoms with Gasteiger partial charge in [-0.1, -0.05) is 163 Å². The first-order chi connectivity index (χ1) is 29.4. The number of para-hydroxylation sites is 2. The smallest absolute Gasteiger partial charge is 0.106 e. The summed E-state index contributed by atoms with van der Waals surface area (Å²) in [5.41, 5.74) is 16.0. The highest BCUT2D eigenvalue weighted by Gasteiger charge is 2.28. The number of rotatable bonds is 7. The van der Waals surface area contributed by atoms with Crippen LogP contribution in [0.5, 0.6) is 0 Å². The van der Waals surface area contributed by atoms with Crippen LogP contribution in [0.15, 0.2) is 192 Å². The molecule has 0 unspecified atom stereocenters. The summed E-state index contributed by atoms with van der Waals surface area (Å²) in [4.78, 5) is 2.15. The lowest BCUT2D eigenvalue weighted by atomic mass is 9.86. The molecule has 9 rings (SSSR count). The molecule has 5 heteroatoms. The van der Waals surface area contributed by atoms with Crippen LogP contribution in [0.25, 0.3) is 55.3 Å². The van der Waals surface area contributed by atoms with Gasteiger partial charge in [0.05, 0.1) is 16.7 Å². The SMILES string of the molecule is CC(C)(C)c1ccc(-c2ccc(N(C3=CC=C(c4ccc(-n5c6ccccc6c6ccccc65)cc4)C(=NS)C3=N)c3ccc(-c4ccc(C(C)(C)C)cc4)cc3)cc2)cc1. The summed E-state index contributed by atoms with van der Waals surface area (Å²) < 4.78 is 6.78. The minimum atomic E-state index is 0.0902. The Balaban J connectivity index is 1.09. The largest absolute Gasteiger partial charge is 0.309 e. The van der Waals surface area contributed by atoms with Gasteiger partial charge in [0, 0.05) is 33.4 Å². The van der Waals surface area contributed by atoms with E-state index in [1.807, 2.05) is 6.08 Å². The first kappa shape index (κ1) is 39.8. The van der Waals surface area contributed by atoms with Crippen LogP contribution in [-0.4, -0.2) is 16.0 Å².